The Balaban J connectivity index is 2.18. The van der Waals surface area contributed by atoms with E-state index in [4.69, 9.17) is 4.74 Å². The minimum absolute atomic E-state index is 0.138. The van der Waals surface area contributed by atoms with Crippen LogP contribution in [-0.4, -0.2) is 23.6 Å². The molecule has 2 rings (SSSR count). The Kier molecular flexibility index (Phi) is 3.61. The van der Waals surface area contributed by atoms with Crippen molar-refractivity contribution >= 4 is 0 Å². The highest BCUT2D eigenvalue weighted by Gasteiger charge is 2.38. The molecular formula is C12H21N3O. The number of hydrogen-bond acceptors (Lipinski definition) is 3. The quantitative estimate of drug-likeness (QED) is 0.802. The second kappa shape index (κ2) is 4.97. The average molecular weight is 223 g/mol. The summed E-state index contributed by atoms with van der Waals surface area (Å²) >= 11 is 0. The van der Waals surface area contributed by atoms with Crippen LogP contribution in [0.1, 0.15) is 44.1 Å². The molecule has 0 atom stereocenters. The minimum Gasteiger partial charge on any atom is -0.367 e. The van der Waals surface area contributed by atoms with Gasteiger partial charge in [0.05, 0.1) is 0 Å². The van der Waals surface area contributed by atoms with Crippen LogP contribution >= 0.6 is 0 Å². The van der Waals surface area contributed by atoms with Gasteiger partial charge in [-0.25, -0.2) is 4.98 Å². The molecule has 0 aromatic carbocycles. The first-order chi connectivity index (χ1) is 7.80. The van der Waals surface area contributed by atoms with Gasteiger partial charge in [0.15, 0.2) is 0 Å². The van der Waals surface area contributed by atoms with Crippen molar-refractivity contribution in [1.29, 1.82) is 0 Å². The third kappa shape index (κ3) is 2.13. The Morgan fingerprint density at radius 1 is 1.50 bits per heavy atom. The Morgan fingerprint density at radius 2 is 2.25 bits per heavy atom. The molecule has 1 aromatic heterocycles. The van der Waals surface area contributed by atoms with E-state index in [1.165, 1.54) is 12.8 Å². The normalized spacial score (nSPS) is 19.1. The molecule has 0 aliphatic heterocycles. The number of ether oxygens (including phenoxy) is 1. The lowest BCUT2D eigenvalue weighted by atomic mass is 10.0. The highest BCUT2D eigenvalue weighted by atomic mass is 16.5. The van der Waals surface area contributed by atoms with Crippen molar-refractivity contribution in [3.63, 3.8) is 0 Å². The van der Waals surface area contributed by atoms with E-state index < -0.39 is 0 Å². The van der Waals surface area contributed by atoms with Gasteiger partial charge in [-0.1, -0.05) is 0 Å². The number of aromatic amines is 1. The van der Waals surface area contributed by atoms with E-state index in [9.17, 15) is 0 Å². The number of imidazole rings is 1. The second-order valence-corrected chi connectivity index (χ2v) is 4.42. The summed E-state index contributed by atoms with van der Waals surface area (Å²) in [7, 11) is 1.94. The summed E-state index contributed by atoms with van der Waals surface area (Å²) in [6.45, 7) is 3.63. The SMILES string of the molecule is CCOC1(c2ncc(CNC)[nH]2)CCCC1. The van der Waals surface area contributed by atoms with E-state index >= 15 is 0 Å². The lowest BCUT2D eigenvalue weighted by Gasteiger charge is -2.26. The van der Waals surface area contributed by atoms with Gasteiger partial charge in [0, 0.05) is 25.0 Å². The summed E-state index contributed by atoms with van der Waals surface area (Å²) in [5.74, 6) is 1.01. The van der Waals surface area contributed by atoms with Crippen LogP contribution in [0.2, 0.25) is 0 Å². The number of rotatable bonds is 5. The molecule has 0 unspecified atom stereocenters. The van der Waals surface area contributed by atoms with Crippen LogP contribution in [0.15, 0.2) is 6.20 Å². The van der Waals surface area contributed by atoms with Crippen molar-refractivity contribution in [2.45, 2.75) is 44.8 Å². The zero-order valence-electron chi connectivity index (χ0n) is 10.2. The average Bonchev–Trinajstić information content (AvgIpc) is 2.88. The smallest absolute Gasteiger partial charge is 0.138 e. The maximum atomic E-state index is 5.95. The molecule has 0 spiro atoms. The molecular weight excluding hydrogens is 202 g/mol. The molecule has 0 radical (unpaired) electrons. The topological polar surface area (TPSA) is 49.9 Å². The molecule has 0 bridgehead atoms. The van der Waals surface area contributed by atoms with Crippen LogP contribution < -0.4 is 5.32 Å². The Hall–Kier alpha value is -0.870. The van der Waals surface area contributed by atoms with Crippen LogP contribution in [0.25, 0.3) is 0 Å². The van der Waals surface area contributed by atoms with E-state index in [0.717, 1.165) is 37.5 Å². The van der Waals surface area contributed by atoms with E-state index in [1.54, 1.807) is 0 Å². The highest BCUT2D eigenvalue weighted by molar-refractivity contribution is 5.10. The van der Waals surface area contributed by atoms with Crippen molar-refractivity contribution in [3.8, 4) is 0 Å². The second-order valence-electron chi connectivity index (χ2n) is 4.42. The van der Waals surface area contributed by atoms with Gasteiger partial charge in [0.1, 0.15) is 11.4 Å². The summed E-state index contributed by atoms with van der Waals surface area (Å²) in [4.78, 5) is 7.87. The molecule has 1 aromatic rings. The fourth-order valence-electron chi connectivity index (χ4n) is 2.54. The summed E-state index contributed by atoms with van der Waals surface area (Å²) in [6.07, 6.45) is 6.57. The molecule has 1 aliphatic rings. The molecule has 0 amide bonds. The monoisotopic (exact) mass is 223 g/mol. The first kappa shape index (κ1) is 11.6. The zero-order chi connectivity index (χ0) is 11.4. The fourth-order valence-corrected chi connectivity index (χ4v) is 2.54. The van der Waals surface area contributed by atoms with E-state index in [-0.39, 0.29) is 5.60 Å². The maximum Gasteiger partial charge on any atom is 0.138 e. The summed E-state index contributed by atoms with van der Waals surface area (Å²) in [5.41, 5.74) is 0.990. The maximum absolute atomic E-state index is 5.95. The van der Waals surface area contributed by atoms with Crippen LogP contribution in [0.4, 0.5) is 0 Å². The number of hydrogen-bond donors (Lipinski definition) is 2. The highest BCUT2D eigenvalue weighted by Crippen LogP contribution is 2.40. The predicted molar refractivity (Wildman–Crippen MR) is 63.1 cm³/mol. The molecule has 1 fully saturated rings. The number of nitrogens with one attached hydrogen (secondary N) is 2. The molecule has 1 heterocycles. The van der Waals surface area contributed by atoms with Crippen LogP contribution in [0.3, 0.4) is 0 Å². The van der Waals surface area contributed by atoms with Gasteiger partial charge < -0.3 is 15.0 Å². The third-order valence-electron chi connectivity index (χ3n) is 3.26. The Morgan fingerprint density at radius 3 is 2.88 bits per heavy atom. The largest absolute Gasteiger partial charge is 0.367 e. The van der Waals surface area contributed by atoms with Gasteiger partial charge in [-0.2, -0.15) is 0 Å². The molecule has 4 nitrogen and oxygen atoms in total. The molecule has 90 valence electrons. The van der Waals surface area contributed by atoms with Crippen LogP contribution in [0, 0.1) is 0 Å². The first-order valence-electron chi connectivity index (χ1n) is 6.13. The molecule has 4 heteroatoms. The van der Waals surface area contributed by atoms with Gasteiger partial charge in [0.25, 0.3) is 0 Å². The van der Waals surface area contributed by atoms with Crippen molar-refractivity contribution in [1.82, 2.24) is 15.3 Å². The lowest BCUT2D eigenvalue weighted by molar-refractivity contribution is -0.0451. The molecule has 1 aliphatic carbocycles. The third-order valence-corrected chi connectivity index (χ3v) is 3.26. The van der Waals surface area contributed by atoms with Crippen LogP contribution in [0.5, 0.6) is 0 Å². The Bertz CT molecular complexity index is 329. The van der Waals surface area contributed by atoms with E-state index in [2.05, 4.69) is 22.2 Å². The standard InChI is InChI=1S/C12H21N3O/c1-3-16-12(6-4-5-7-12)11-14-9-10(15-11)8-13-2/h9,13H,3-8H2,1-2H3,(H,14,15). The molecule has 2 N–H and O–H groups in total. The summed E-state index contributed by atoms with van der Waals surface area (Å²) in [5, 5.41) is 3.12. The van der Waals surface area contributed by atoms with E-state index in [0.29, 0.717) is 0 Å². The van der Waals surface area contributed by atoms with Gasteiger partial charge in [-0.15, -0.1) is 0 Å². The zero-order valence-corrected chi connectivity index (χ0v) is 10.2. The first-order valence-corrected chi connectivity index (χ1v) is 6.13. The van der Waals surface area contributed by atoms with Crippen molar-refractivity contribution < 1.29 is 4.74 Å². The van der Waals surface area contributed by atoms with Gasteiger partial charge in [-0.05, 0) is 39.7 Å². The van der Waals surface area contributed by atoms with Gasteiger partial charge >= 0.3 is 0 Å². The summed E-state index contributed by atoms with van der Waals surface area (Å²) in [6, 6.07) is 0. The van der Waals surface area contributed by atoms with Crippen molar-refractivity contribution in [2.24, 2.45) is 0 Å². The van der Waals surface area contributed by atoms with Crippen molar-refractivity contribution in [3.05, 3.63) is 17.7 Å². The molecule has 0 saturated heterocycles. The Labute approximate surface area is 96.8 Å². The van der Waals surface area contributed by atoms with Crippen molar-refractivity contribution in [2.75, 3.05) is 13.7 Å². The molecule has 16 heavy (non-hydrogen) atoms. The number of aromatic nitrogens is 2. The van der Waals surface area contributed by atoms with Gasteiger partial charge in [-0.3, -0.25) is 0 Å². The fraction of sp³-hybridized carbons (Fsp3) is 0.750. The number of H-pyrrole nitrogens is 1. The van der Waals surface area contributed by atoms with E-state index in [1.807, 2.05) is 13.2 Å². The van der Waals surface area contributed by atoms with Crippen LogP contribution in [-0.2, 0) is 16.9 Å². The van der Waals surface area contributed by atoms with Gasteiger partial charge in [0.2, 0.25) is 0 Å². The summed E-state index contributed by atoms with van der Waals surface area (Å²) < 4.78 is 5.95. The predicted octanol–water partition coefficient (Wildman–Crippen LogP) is 1.93. The minimum atomic E-state index is -0.138. The number of nitrogens with zero attached hydrogens (tertiary/aromatic N) is 1. The molecule has 1 saturated carbocycles. The lowest BCUT2D eigenvalue weighted by Crippen LogP contribution is -2.27.